The Hall–Kier alpha value is -1.88. The Kier molecular flexibility index (Phi) is 7.42. The Morgan fingerprint density at radius 3 is 2.08 bits per heavy atom. The van der Waals surface area contributed by atoms with Crippen molar-refractivity contribution in [2.45, 2.75) is 39.5 Å². The molecule has 0 unspecified atom stereocenters. The lowest BCUT2D eigenvalue weighted by Gasteiger charge is -2.22. The third-order valence-electron chi connectivity index (χ3n) is 3.85. The minimum Gasteiger partial charge on any atom is -0.334 e. The molecule has 0 bridgehead atoms. The molecule has 0 aromatic heterocycles. The van der Waals surface area contributed by atoms with Gasteiger partial charge in [-0.2, -0.15) is 0 Å². The Morgan fingerprint density at radius 1 is 1.04 bits per heavy atom. The molecule has 134 valence electrons. The Labute approximate surface area is 146 Å². The fourth-order valence-corrected chi connectivity index (χ4v) is 2.35. The summed E-state index contributed by atoms with van der Waals surface area (Å²) in [7, 11) is 3.98. The zero-order valence-electron chi connectivity index (χ0n) is 15.8. The van der Waals surface area contributed by atoms with Crippen LogP contribution < -0.4 is 5.32 Å². The zero-order chi connectivity index (χ0) is 18.3. The van der Waals surface area contributed by atoms with Crippen LogP contribution in [0.5, 0.6) is 0 Å². The summed E-state index contributed by atoms with van der Waals surface area (Å²) >= 11 is 0. The van der Waals surface area contributed by atoms with E-state index in [2.05, 4.69) is 31.0 Å². The molecule has 2 amide bonds. The molecule has 1 rings (SSSR count). The Bertz CT molecular complexity index is 545. The molecule has 0 radical (unpaired) electrons. The highest BCUT2D eigenvalue weighted by atomic mass is 16.2. The third kappa shape index (κ3) is 7.13. The summed E-state index contributed by atoms with van der Waals surface area (Å²) in [4.78, 5) is 27.5. The van der Waals surface area contributed by atoms with E-state index in [1.165, 1.54) is 12.5 Å². The second-order valence-electron chi connectivity index (χ2n) is 7.47. The van der Waals surface area contributed by atoms with Gasteiger partial charge in [-0.3, -0.25) is 9.59 Å². The van der Waals surface area contributed by atoms with Gasteiger partial charge in [-0.25, -0.2) is 0 Å². The number of carbonyl (C=O) groups is 2. The minimum absolute atomic E-state index is 0.0769. The number of carbonyl (C=O) groups excluding carboxylic acids is 2. The van der Waals surface area contributed by atoms with E-state index in [9.17, 15) is 9.59 Å². The van der Waals surface area contributed by atoms with Gasteiger partial charge in [0, 0.05) is 19.2 Å². The van der Waals surface area contributed by atoms with Crippen molar-refractivity contribution in [1.82, 2.24) is 9.80 Å². The standard InChI is InChI=1S/C19H31N3O2/c1-15(23)22(13-7-12-21(5)6)14-18(24)20-17-10-8-16(9-11-17)19(2,3)4/h8-11H,7,12-14H2,1-6H3,(H,20,24). The predicted molar refractivity (Wildman–Crippen MR) is 99.2 cm³/mol. The van der Waals surface area contributed by atoms with Gasteiger partial charge in [0.2, 0.25) is 11.8 Å². The summed E-state index contributed by atoms with van der Waals surface area (Å²) in [6, 6.07) is 7.86. The van der Waals surface area contributed by atoms with Gasteiger partial charge in [-0.15, -0.1) is 0 Å². The quantitative estimate of drug-likeness (QED) is 0.835. The van der Waals surface area contributed by atoms with Gasteiger partial charge in [0.25, 0.3) is 0 Å². The second kappa shape index (κ2) is 8.83. The first kappa shape index (κ1) is 20.2. The van der Waals surface area contributed by atoms with E-state index in [-0.39, 0.29) is 23.8 Å². The lowest BCUT2D eigenvalue weighted by molar-refractivity contribution is -0.132. The van der Waals surface area contributed by atoms with Crippen LogP contribution in [-0.4, -0.2) is 55.3 Å². The van der Waals surface area contributed by atoms with Crippen LogP contribution in [0.4, 0.5) is 5.69 Å². The fraction of sp³-hybridized carbons (Fsp3) is 0.579. The van der Waals surface area contributed by atoms with E-state index < -0.39 is 0 Å². The third-order valence-corrected chi connectivity index (χ3v) is 3.85. The average Bonchev–Trinajstić information content (AvgIpc) is 2.45. The maximum absolute atomic E-state index is 12.2. The molecule has 5 nitrogen and oxygen atoms in total. The van der Waals surface area contributed by atoms with E-state index >= 15 is 0 Å². The molecule has 0 fully saturated rings. The van der Waals surface area contributed by atoms with Crippen molar-refractivity contribution in [3.63, 3.8) is 0 Å². The molecule has 1 aromatic rings. The topological polar surface area (TPSA) is 52.7 Å². The molecule has 0 aliphatic carbocycles. The smallest absolute Gasteiger partial charge is 0.243 e. The highest BCUT2D eigenvalue weighted by Crippen LogP contribution is 2.23. The molecule has 0 saturated carbocycles. The molecule has 0 aliphatic rings. The largest absolute Gasteiger partial charge is 0.334 e. The molecule has 0 saturated heterocycles. The van der Waals surface area contributed by atoms with E-state index in [4.69, 9.17) is 0 Å². The van der Waals surface area contributed by atoms with E-state index in [1.807, 2.05) is 38.4 Å². The SMILES string of the molecule is CC(=O)N(CCCN(C)C)CC(=O)Nc1ccc(C(C)(C)C)cc1. The average molecular weight is 333 g/mol. The summed E-state index contributed by atoms with van der Waals surface area (Å²) in [5.41, 5.74) is 2.06. The molecule has 0 spiro atoms. The number of rotatable bonds is 7. The number of nitrogens with one attached hydrogen (secondary N) is 1. The minimum atomic E-state index is -0.168. The first-order valence-electron chi connectivity index (χ1n) is 8.40. The lowest BCUT2D eigenvalue weighted by atomic mass is 9.87. The van der Waals surface area contributed by atoms with Crippen LogP contribution in [0.3, 0.4) is 0 Å². The normalized spacial score (nSPS) is 11.5. The first-order chi connectivity index (χ1) is 11.1. The van der Waals surface area contributed by atoms with E-state index in [0.717, 1.165) is 18.7 Å². The highest BCUT2D eigenvalue weighted by molar-refractivity contribution is 5.94. The Morgan fingerprint density at radius 2 is 1.62 bits per heavy atom. The molecule has 0 aliphatic heterocycles. The summed E-state index contributed by atoms with van der Waals surface area (Å²) < 4.78 is 0. The van der Waals surface area contributed by atoms with Gasteiger partial charge in [-0.05, 0) is 50.2 Å². The molecular weight excluding hydrogens is 302 g/mol. The summed E-state index contributed by atoms with van der Waals surface area (Å²) in [5.74, 6) is -0.245. The van der Waals surface area contributed by atoms with Crippen molar-refractivity contribution in [2.75, 3.05) is 39.0 Å². The Balaban J connectivity index is 2.57. The van der Waals surface area contributed by atoms with Gasteiger partial charge >= 0.3 is 0 Å². The van der Waals surface area contributed by atoms with Crippen molar-refractivity contribution < 1.29 is 9.59 Å². The molecule has 0 atom stereocenters. The van der Waals surface area contributed by atoms with Crippen LogP contribution in [0.2, 0.25) is 0 Å². The monoisotopic (exact) mass is 333 g/mol. The molecule has 5 heteroatoms. The van der Waals surface area contributed by atoms with Crippen LogP contribution in [0, 0.1) is 0 Å². The molecule has 1 N–H and O–H groups in total. The summed E-state index contributed by atoms with van der Waals surface area (Å²) in [6.45, 7) is 9.52. The highest BCUT2D eigenvalue weighted by Gasteiger charge is 2.15. The van der Waals surface area contributed by atoms with Crippen LogP contribution >= 0.6 is 0 Å². The zero-order valence-corrected chi connectivity index (χ0v) is 15.8. The molecular formula is C19H31N3O2. The molecule has 24 heavy (non-hydrogen) atoms. The van der Waals surface area contributed by atoms with Crippen molar-refractivity contribution in [1.29, 1.82) is 0 Å². The number of anilines is 1. The van der Waals surface area contributed by atoms with Crippen molar-refractivity contribution in [3.8, 4) is 0 Å². The van der Waals surface area contributed by atoms with Gasteiger partial charge in [0.05, 0.1) is 6.54 Å². The predicted octanol–water partition coefficient (Wildman–Crippen LogP) is 2.72. The van der Waals surface area contributed by atoms with Gasteiger partial charge in [0.15, 0.2) is 0 Å². The van der Waals surface area contributed by atoms with E-state index in [0.29, 0.717) is 6.54 Å². The van der Waals surface area contributed by atoms with Gasteiger partial charge in [0.1, 0.15) is 0 Å². The van der Waals surface area contributed by atoms with Crippen molar-refractivity contribution in [2.24, 2.45) is 0 Å². The van der Waals surface area contributed by atoms with Crippen molar-refractivity contribution >= 4 is 17.5 Å². The maximum atomic E-state index is 12.2. The van der Waals surface area contributed by atoms with E-state index in [1.54, 1.807) is 4.90 Å². The number of benzene rings is 1. The second-order valence-corrected chi connectivity index (χ2v) is 7.47. The fourth-order valence-electron chi connectivity index (χ4n) is 2.35. The number of amides is 2. The molecule has 0 heterocycles. The van der Waals surface area contributed by atoms with Gasteiger partial charge < -0.3 is 15.1 Å². The maximum Gasteiger partial charge on any atom is 0.243 e. The van der Waals surface area contributed by atoms with Crippen LogP contribution in [-0.2, 0) is 15.0 Å². The lowest BCUT2D eigenvalue weighted by Crippen LogP contribution is -2.38. The van der Waals surface area contributed by atoms with Crippen LogP contribution in [0.15, 0.2) is 24.3 Å². The number of nitrogens with zero attached hydrogens (tertiary/aromatic N) is 2. The van der Waals surface area contributed by atoms with Crippen LogP contribution in [0.25, 0.3) is 0 Å². The first-order valence-corrected chi connectivity index (χ1v) is 8.40. The van der Waals surface area contributed by atoms with Crippen molar-refractivity contribution in [3.05, 3.63) is 29.8 Å². The van der Waals surface area contributed by atoms with Crippen LogP contribution in [0.1, 0.15) is 39.7 Å². The summed E-state index contributed by atoms with van der Waals surface area (Å²) in [6.07, 6.45) is 0.847. The van der Waals surface area contributed by atoms with Gasteiger partial charge in [-0.1, -0.05) is 32.9 Å². The molecule has 1 aromatic carbocycles. The number of hydrogen-bond donors (Lipinski definition) is 1. The number of hydrogen-bond acceptors (Lipinski definition) is 3. The summed E-state index contributed by atoms with van der Waals surface area (Å²) in [5, 5.41) is 2.86.